The van der Waals surface area contributed by atoms with Crippen molar-refractivity contribution in [1.29, 1.82) is 0 Å². The first-order chi connectivity index (χ1) is 11.9. The lowest BCUT2D eigenvalue weighted by molar-refractivity contribution is -0.330. The van der Waals surface area contributed by atoms with E-state index < -0.39 is 39.9 Å². The first-order valence-electron chi connectivity index (χ1n) is 6.77. The van der Waals surface area contributed by atoms with Gasteiger partial charge in [-0.3, -0.25) is 9.78 Å². The van der Waals surface area contributed by atoms with Crippen LogP contribution in [0.25, 0.3) is 0 Å². The van der Waals surface area contributed by atoms with Gasteiger partial charge < -0.3 is 5.32 Å². The fourth-order valence-corrected chi connectivity index (χ4v) is 2.50. The average Bonchev–Trinajstić information content (AvgIpc) is 2.56. The van der Waals surface area contributed by atoms with Crippen LogP contribution in [0.5, 0.6) is 0 Å². The van der Waals surface area contributed by atoms with Crippen molar-refractivity contribution >= 4 is 23.4 Å². The van der Waals surface area contributed by atoms with Gasteiger partial charge in [0.05, 0.1) is 5.56 Å². The molecule has 2 rings (SSSR count). The van der Waals surface area contributed by atoms with Gasteiger partial charge in [-0.2, -0.15) is 30.7 Å². The zero-order valence-electron chi connectivity index (χ0n) is 12.5. The Morgan fingerprint density at radius 2 is 1.58 bits per heavy atom. The minimum absolute atomic E-state index is 0.133. The zero-order chi connectivity index (χ0) is 19.6. The molecule has 1 amide bonds. The largest absolute Gasteiger partial charge is 0.460 e. The lowest BCUT2D eigenvalue weighted by atomic mass is 10.2. The third-order valence-corrected chi connectivity index (χ3v) is 4.02. The predicted molar refractivity (Wildman–Crippen MR) is 80.4 cm³/mol. The number of amides is 1. The number of halogens is 7. The molecule has 0 unspecified atom stereocenters. The Bertz CT molecular complexity index is 764. The Labute approximate surface area is 146 Å². The maximum absolute atomic E-state index is 13.3. The number of thioether (sulfide) groups is 1. The van der Waals surface area contributed by atoms with Gasteiger partial charge in [0.15, 0.2) is 0 Å². The Balaban J connectivity index is 2.09. The van der Waals surface area contributed by atoms with Crippen LogP contribution in [-0.4, -0.2) is 28.2 Å². The van der Waals surface area contributed by atoms with Crippen molar-refractivity contribution in [3.8, 4) is 0 Å². The number of hydrogen-bond acceptors (Lipinski definition) is 3. The third-order valence-electron chi connectivity index (χ3n) is 3.00. The van der Waals surface area contributed by atoms with Crippen LogP contribution < -0.4 is 5.32 Å². The van der Waals surface area contributed by atoms with Crippen LogP contribution in [0.3, 0.4) is 0 Å². The van der Waals surface area contributed by atoms with Crippen LogP contribution >= 0.6 is 11.8 Å². The van der Waals surface area contributed by atoms with Crippen LogP contribution in [-0.2, 0) is 0 Å². The van der Waals surface area contributed by atoms with Crippen LogP contribution in [0.15, 0.2) is 53.7 Å². The summed E-state index contributed by atoms with van der Waals surface area (Å²) in [5.74, 6) is -6.76. The van der Waals surface area contributed by atoms with Crippen LogP contribution in [0.1, 0.15) is 10.4 Å². The summed E-state index contributed by atoms with van der Waals surface area (Å²) >= 11 is -0.922. The molecule has 0 aliphatic carbocycles. The molecule has 0 spiro atoms. The molecule has 0 aliphatic rings. The number of carbonyl (C=O) groups is 1. The molecule has 1 aromatic heterocycles. The minimum atomic E-state index is -6.39. The van der Waals surface area contributed by atoms with E-state index >= 15 is 0 Å². The summed E-state index contributed by atoms with van der Waals surface area (Å²) < 4.78 is 88.7. The van der Waals surface area contributed by atoms with Crippen molar-refractivity contribution in [3.63, 3.8) is 0 Å². The standard InChI is InChI=1S/C15H9F7N2OS/c16-13(17,14(18,19)20)15(21,22)26-11-5-3-10(4-6-11)24-12(25)9-2-1-7-23-8-9/h1-8H,(H,24,25). The van der Waals surface area contributed by atoms with Crippen molar-refractivity contribution in [3.05, 3.63) is 54.4 Å². The molecule has 0 aliphatic heterocycles. The van der Waals surface area contributed by atoms with Crippen molar-refractivity contribution in [1.82, 2.24) is 4.98 Å². The normalized spacial score (nSPS) is 12.7. The molecule has 1 heterocycles. The highest BCUT2D eigenvalue weighted by Gasteiger charge is 2.73. The second-order valence-corrected chi connectivity index (χ2v) is 6.10. The van der Waals surface area contributed by atoms with Crippen molar-refractivity contribution in [2.45, 2.75) is 22.2 Å². The molecule has 0 atom stereocenters. The van der Waals surface area contributed by atoms with Crippen molar-refractivity contribution in [2.24, 2.45) is 0 Å². The zero-order valence-corrected chi connectivity index (χ0v) is 13.3. The summed E-state index contributed by atoms with van der Waals surface area (Å²) in [7, 11) is 0. The number of nitrogens with zero attached hydrogens (tertiary/aromatic N) is 1. The lowest BCUT2D eigenvalue weighted by Crippen LogP contribution is -2.49. The van der Waals surface area contributed by atoms with Gasteiger partial charge in [0.1, 0.15) is 0 Å². The van der Waals surface area contributed by atoms with Gasteiger partial charge in [0.25, 0.3) is 5.91 Å². The van der Waals surface area contributed by atoms with Gasteiger partial charge in [0, 0.05) is 23.0 Å². The number of carbonyl (C=O) groups excluding carboxylic acids is 1. The van der Waals surface area contributed by atoms with E-state index in [0.29, 0.717) is 0 Å². The molecule has 3 nitrogen and oxygen atoms in total. The quantitative estimate of drug-likeness (QED) is 0.555. The van der Waals surface area contributed by atoms with Gasteiger partial charge in [-0.1, -0.05) is 0 Å². The number of alkyl halides is 7. The van der Waals surface area contributed by atoms with E-state index in [-0.39, 0.29) is 11.3 Å². The van der Waals surface area contributed by atoms with Crippen LogP contribution in [0.4, 0.5) is 36.4 Å². The molecule has 0 fully saturated rings. The molecule has 11 heteroatoms. The fraction of sp³-hybridized carbons (Fsp3) is 0.200. The van der Waals surface area contributed by atoms with E-state index in [1.54, 1.807) is 0 Å². The summed E-state index contributed by atoms with van der Waals surface area (Å²) in [4.78, 5) is 15.1. The second kappa shape index (κ2) is 7.14. The molecule has 0 bridgehead atoms. The first kappa shape index (κ1) is 20.0. The van der Waals surface area contributed by atoms with E-state index in [1.807, 2.05) is 0 Å². The first-order valence-corrected chi connectivity index (χ1v) is 7.58. The van der Waals surface area contributed by atoms with Crippen molar-refractivity contribution < 1.29 is 35.5 Å². The van der Waals surface area contributed by atoms with E-state index in [1.165, 1.54) is 24.5 Å². The summed E-state index contributed by atoms with van der Waals surface area (Å²) in [6.45, 7) is 0. The van der Waals surface area contributed by atoms with Crippen LogP contribution in [0, 0.1) is 0 Å². The van der Waals surface area contributed by atoms with Crippen LogP contribution in [0.2, 0.25) is 0 Å². The lowest BCUT2D eigenvalue weighted by Gasteiger charge is -2.27. The Hall–Kier alpha value is -2.30. The van der Waals surface area contributed by atoms with E-state index in [0.717, 1.165) is 24.3 Å². The number of hydrogen-bond donors (Lipinski definition) is 1. The van der Waals surface area contributed by atoms with E-state index in [9.17, 15) is 35.5 Å². The number of aromatic nitrogens is 1. The molecule has 1 aromatic carbocycles. The summed E-state index contributed by atoms with van der Waals surface area (Å²) in [5.41, 5.74) is 0.344. The second-order valence-electron chi connectivity index (χ2n) is 4.91. The molecule has 2 aromatic rings. The Kier molecular flexibility index (Phi) is 5.49. The smallest absolute Gasteiger partial charge is 0.322 e. The SMILES string of the molecule is O=C(Nc1ccc(SC(F)(F)C(F)(F)C(F)(F)F)cc1)c1cccnc1. The summed E-state index contributed by atoms with van der Waals surface area (Å²) in [6, 6.07) is 6.95. The summed E-state index contributed by atoms with van der Waals surface area (Å²) in [5, 5.41) is -3.00. The number of rotatable bonds is 5. The monoisotopic (exact) mass is 398 g/mol. The fourth-order valence-electron chi connectivity index (χ4n) is 1.68. The Morgan fingerprint density at radius 3 is 2.08 bits per heavy atom. The highest BCUT2D eigenvalue weighted by molar-refractivity contribution is 8.00. The molecule has 0 radical (unpaired) electrons. The van der Waals surface area contributed by atoms with Gasteiger partial charge in [-0.05, 0) is 48.2 Å². The van der Waals surface area contributed by atoms with Gasteiger partial charge in [0.2, 0.25) is 0 Å². The number of nitrogens with one attached hydrogen (secondary N) is 1. The van der Waals surface area contributed by atoms with E-state index in [2.05, 4.69) is 10.3 Å². The molecule has 26 heavy (non-hydrogen) atoms. The highest BCUT2D eigenvalue weighted by Crippen LogP contribution is 2.53. The summed E-state index contributed by atoms with van der Waals surface area (Å²) in [6.07, 6.45) is -3.67. The number of anilines is 1. The molecular formula is C15H9F7N2OS. The van der Waals surface area contributed by atoms with Gasteiger partial charge >= 0.3 is 17.4 Å². The molecule has 0 saturated carbocycles. The molecule has 0 saturated heterocycles. The van der Waals surface area contributed by atoms with Gasteiger partial charge in [-0.25, -0.2) is 0 Å². The van der Waals surface area contributed by atoms with Gasteiger partial charge in [-0.15, -0.1) is 0 Å². The highest BCUT2D eigenvalue weighted by atomic mass is 32.2. The minimum Gasteiger partial charge on any atom is -0.322 e. The maximum atomic E-state index is 13.3. The Morgan fingerprint density at radius 1 is 0.962 bits per heavy atom. The number of benzene rings is 1. The van der Waals surface area contributed by atoms with Crippen molar-refractivity contribution in [2.75, 3.05) is 5.32 Å². The topological polar surface area (TPSA) is 42.0 Å². The molecule has 1 N–H and O–H groups in total. The number of pyridine rings is 1. The third kappa shape index (κ3) is 4.26. The predicted octanol–water partition coefficient (Wildman–Crippen LogP) is 5.22. The maximum Gasteiger partial charge on any atom is 0.460 e. The average molecular weight is 398 g/mol. The van der Waals surface area contributed by atoms with E-state index in [4.69, 9.17) is 0 Å². The molecule has 140 valence electrons. The molecular weight excluding hydrogens is 389 g/mol.